The van der Waals surface area contributed by atoms with Gasteiger partial charge in [-0.2, -0.15) is 0 Å². The van der Waals surface area contributed by atoms with E-state index >= 15 is 0 Å². The van der Waals surface area contributed by atoms with Crippen LogP contribution in [0.2, 0.25) is 0 Å². The predicted molar refractivity (Wildman–Crippen MR) is 48.2 cm³/mol. The van der Waals surface area contributed by atoms with Crippen molar-refractivity contribution in [1.29, 1.82) is 0 Å². The van der Waals surface area contributed by atoms with E-state index in [1.807, 2.05) is 13.8 Å². The zero-order chi connectivity index (χ0) is 8.41. The number of nitrogens with two attached hydrogens (primary N) is 1. The van der Waals surface area contributed by atoms with Gasteiger partial charge >= 0.3 is 0 Å². The minimum Gasteiger partial charge on any atom is -0.328 e. The maximum absolute atomic E-state index is 5.11. The van der Waals surface area contributed by atoms with Crippen molar-refractivity contribution >= 4 is 6.21 Å². The van der Waals surface area contributed by atoms with Crippen molar-refractivity contribution in [2.24, 2.45) is 10.7 Å². The fourth-order valence-electron chi connectivity index (χ4n) is 0.122. The van der Waals surface area contributed by atoms with Crippen LogP contribution in [-0.2, 0) is 0 Å². The van der Waals surface area contributed by atoms with Crippen LogP contribution in [0.1, 0.15) is 13.8 Å². The van der Waals surface area contributed by atoms with E-state index in [0.717, 1.165) is 0 Å². The Balaban J connectivity index is 0. The third kappa shape index (κ3) is 59.6. The first-order chi connectivity index (χ1) is 4.65. The molecule has 0 aromatic heterocycles. The van der Waals surface area contributed by atoms with Crippen LogP contribution < -0.4 is 5.73 Å². The van der Waals surface area contributed by atoms with Crippen LogP contribution in [0.15, 0.2) is 30.4 Å². The number of aliphatic imine (C=N–C) groups is 1. The van der Waals surface area contributed by atoms with E-state index < -0.39 is 0 Å². The summed E-state index contributed by atoms with van der Waals surface area (Å²) in [6.45, 7) is 10.6. The molecule has 0 rings (SSSR count). The average molecular weight is 140 g/mol. The Bertz CT molecular complexity index is 91.1. The highest BCUT2D eigenvalue weighted by molar-refractivity contribution is 5.70. The van der Waals surface area contributed by atoms with Crippen molar-refractivity contribution in [2.45, 2.75) is 19.9 Å². The number of allylic oxidation sites excluding steroid dienone is 1. The summed E-state index contributed by atoms with van der Waals surface area (Å²) < 4.78 is 0. The lowest BCUT2D eigenvalue weighted by Gasteiger charge is -1.81. The van der Waals surface area contributed by atoms with Crippen LogP contribution in [0.5, 0.6) is 0 Å². The maximum Gasteiger partial charge on any atom is 0.0261 e. The number of hydrogen-bond donors (Lipinski definition) is 1. The molecule has 0 saturated heterocycles. The number of hydrogen-bond acceptors (Lipinski definition) is 2. The van der Waals surface area contributed by atoms with E-state index in [1.54, 1.807) is 12.3 Å². The minimum atomic E-state index is 0.333. The first-order valence-electron chi connectivity index (χ1n) is 3.15. The summed E-state index contributed by atoms with van der Waals surface area (Å²) in [5.41, 5.74) is 5.11. The van der Waals surface area contributed by atoms with Gasteiger partial charge in [-0.15, -0.1) is 0 Å². The smallest absolute Gasteiger partial charge is 0.0261 e. The summed E-state index contributed by atoms with van der Waals surface area (Å²) >= 11 is 0. The van der Waals surface area contributed by atoms with Gasteiger partial charge in [0.1, 0.15) is 0 Å². The molecule has 0 amide bonds. The molecule has 0 aliphatic heterocycles. The lowest BCUT2D eigenvalue weighted by Crippen LogP contribution is -2.06. The monoisotopic (exact) mass is 140 g/mol. The van der Waals surface area contributed by atoms with E-state index in [9.17, 15) is 0 Å². The Morgan fingerprint density at radius 1 is 1.40 bits per heavy atom. The van der Waals surface area contributed by atoms with Crippen molar-refractivity contribution in [3.05, 3.63) is 25.4 Å². The first kappa shape index (κ1) is 11.9. The number of nitrogens with zero attached hydrogens (tertiary/aromatic N) is 1. The molecular weight excluding hydrogens is 124 g/mol. The van der Waals surface area contributed by atoms with Crippen LogP contribution in [0.4, 0.5) is 0 Å². The molecule has 0 aliphatic carbocycles. The molecule has 2 heteroatoms. The zero-order valence-corrected chi connectivity index (χ0v) is 6.75. The van der Waals surface area contributed by atoms with Crippen LogP contribution in [0.25, 0.3) is 0 Å². The Morgan fingerprint density at radius 2 is 1.80 bits per heavy atom. The van der Waals surface area contributed by atoms with E-state index in [1.165, 1.54) is 6.20 Å². The average Bonchev–Trinajstić information content (AvgIpc) is 1.82. The summed E-state index contributed by atoms with van der Waals surface area (Å²) in [6.07, 6.45) is 4.64. The van der Waals surface area contributed by atoms with E-state index in [0.29, 0.717) is 6.04 Å². The fourth-order valence-corrected chi connectivity index (χ4v) is 0.122. The van der Waals surface area contributed by atoms with Crippen LogP contribution in [0, 0.1) is 0 Å². The van der Waals surface area contributed by atoms with Gasteiger partial charge in [0.2, 0.25) is 0 Å². The molecule has 0 spiro atoms. The third-order valence-corrected chi connectivity index (χ3v) is 0.297. The third-order valence-electron chi connectivity index (χ3n) is 0.297. The van der Waals surface area contributed by atoms with Crippen molar-refractivity contribution in [3.63, 3.8) is 0 Å². The van der Waals surface area contributed by atoms with E-state index in [2.05, 4.69) is 18.2 Å². The first-order valence-corrected chi connectivity index (χ1v) is 3.15. The molecule has 0 aliphatic rings. The predicted octanol–water partition coefficient (Wildman–Crippen LogP) is 1.74. The molecule has 58 valence electrons. The van der Waals surface area contributed by atoms with Gasteiger partial charge in [0.25, 0.3) is 0 Å². The zero-order valence-electron chi connectivity index (χ0n) is 6.75. The van der Waals surface area contributed by atoms with Crippen molar-refractivity contribution in [1.82, 2.24) is 0 Å². The Morgan fingerprint density at radius 3 is 1.90 bits per heavy atom. The summed E-state index contributed by atoms with van der Waals surface area (Å²) in [5, 5.41) is 0. The summed E-state index contributed by atoms with van der Waals surface area (Å²) in [5.74, 6) is 0. The summed E-state index contributed by atoms with van der Waals surface area (Å²) in [7, 11) is 0. The van der Waals surface area contributed by atoms with Gasteiger partial charge in [-0.25, -0.2) is 0 Å². The minimum absolute atomic E-state index is 0.333. The van der Waals surface area contributed by atoms with Crippen LogP contribution in [-0.4, -0.2) is 12.3 Å². The van der Waals surface area contributed by atoms with Crippen LogP contribution >= 0.6 is 0 Å². The van der Waals surface area contributed by atoms with Gasteiger partial charge in [0.05, 0.1) is 0 Å². The molecule has 0 aromatic carbocycles. The second-order valence-corrected chi connectivity index (χ2v) is 1.96. The lowest BCUT2D eigenvalue weighted by atomic mass is 10.5. The molecule has 0 atom stereocenters. The van der Waals surface area contributed by atoms with Gasteiger partial charge in [-0.3, -0.25) is 4.99 Å². The van der Waals surface area contributed by atoms with Crippen molar-refractivity contribution in [3.8, 4) is 0 Å². The molecular formula is C8H16N2. The largest absolute Gasteiger partial charge is 0.328 e. The highest BCUT2D eigenvalue weighted by atomic mass is 14.6. The van der Waals surface area contributed by atoms with E-state index in [4.69, 9.17) is 5.73 Å². The van der Waals surface area contributed by atoms with Gasteiger partial charge in [0, 0.05) is 12.4 Å². The fraction of sp³-hybridized carbons (Fsp3) is 0.375. The second kappa shape index (κ2) is 11.0. The Labute approximate surface area is 63.2 Å². The van der Waals surface area contributed by atoms with Crippen molar-refractivity contribution in [2.75, 3.05) is 0 Å². The molecule has 0 radical (unpaired) electrons. The van der Waals surface area contributed by atoms with E-state index in [-0.39, 0.29) is 0 Å². The van der Waals surface area contributed by atoms with Gasteiger partial charge in [-0.1, -0.05) is 33.1 Å². The standard InChI is InChI=1S/C5H7N.C3H9N/c1-3-5-6-4-2;1-3(2)4/h3-5H,1-2H2;3H,4H2,1-2H3. The molecule has 0 fully saturated rings. The summed E-state index contributed by atoms with van der Waals surface area (Å²) in [6, 6.07) is 0.333. The normalized spacial score (nSPS) is 8.80. The maximum atomic E-state index is 5.11. The van der Waals surface area contributed by atoms with Crippen LogP contribution in [0.3, 0.4) is 0 Å². The Hall–Kier alpha value is -0.890. The molecule has 2 nitrogen and oxygen atoms in total. The molecule has 0 bridgehead atoms. The number of rotatable bonds is 2. The summed E-state index contributed by atoms with van der Waals surface area (Å²) in [4.78, 5) is 3.61. The molecule has 0 saturated carbocycles. The quantitative estimate of drug-likeness (QED) is 0.583. The second-order valence-electron chi connectivity index (χ2n) is 1.96. The highest BCUT2D eigenvalue weighted by Crippen LogP contribution is 1.61. The topological polar surface area (TPSA) is 38.4 Å². The molecule has 2 N–H and O–H groups in total. The SMILES string of the molecule is C=CC=NC=C.CC(C)N. The molecule has 10 heavy (non-hydrogen) atoms. The lowest BCUT2D eigenvalue weighted by molar-refractivity contribution is 0.834. The molecule has 0 aromatic rings. The van der Waals surface area contributed by atoms with Gasteiger partial charge < -0.3 is 5.73 Å². The highest BCUT2D eigenvalue weighted by Gasteiger charge is 1.67. The van der Waals surface area contributed by atoms with Gasteiger partial charge in [-0.05, 0) is 6.04 Å². The van der Waals surface area contributed by atoms with Gasteiger partial charge in [0.15, 0.2) is 0 Å². The van der Waals surface area contributed by atoms with Crippen molar-refractivity contribution < 1.29 is 0 Å². The molecule has 0 unspecified atom stereocenters. The molecule has 0 heterocycles. The Kier molecular flexibility index (Phi) is 13.0.